The first-order chi connectivity index (χ1) is 10.0. The molecule has 3 rings (SSSR count). The number of nitrogens with zero attached hydrogens (tertiary/aromatic N) is 2. The number of ether oxygens (including phenoxy) is 1. The molecule has 0 bridgehead atoms. The molecule has 7 heteroatoms. The number of esters is 1. The minimum absolute atomic E-state index is 0.195. The third-order valence-electron chi connectivity index (χ3n) is 4.05. The van der Waals surface area contributed by atoms with Gasteiger partial charge in [0.1, 0.15) is 0 Å². The third kappa shape index (κ3) is 2.01. The van der Waals surface area contributed by atoms with E-state index in [1.807, 2.05) is 6.07 Å². The lowest BCUT2D eigenvalue weighted by atomic mass is 9.86. The van der Waals surface area contributed by atoms with Gasteiger partial charge in [-0.1, -0.05) is 18.2 Å². The molecule has 1 aromatic rings. The summed E-state index contributed by atoms with van der Waals surface area (Å²) >= 11 is 0. The summed E-state index contributed by atoms with van der Waals surface area (Å²) in [5.41, 5.74) is -0.512. The number of benzene rings is 1. The van der Waals surface area contributed by atoms with Gasteiger partial charge in [0.25, 0.3) is 0 Å². The molecule has 7 nitrogen and oxygen atoms in total. The molecule has 2 heterocycles. The summed E-state index contributed by atoms with van der Waals surface area (Å²) in [5.74, 6) is -0.596. The number of carbonyl (C=O) groups is 3. The number of piperidine rings is 1. The van der Waals surface area contributed by atoms with Gasteiger partial charge in [-0.2, -0.15) is 0 Å². The minimum atomic E-state index is -1.09. The molecule has 0 unspecified atom stereocenters. The van der Waals surface area contributed by atoms with Crippen molar-refractivity contribution in [2.24, 2.45) is 0 Å². The van der Waals surface area contributed by atoms with Crippen molar-refractivity contribution in [1.82, 2.24) is 4.90 Å². The number of para-hydroxylation sites is 1. The van der Waals surface area contributed by atoms with Crippen LogP contribution in [0.15, 0.2) is 30.3 Å². The molecule has 1 aromatic carbocycles. The topological polar surface area (TPSA) is 87.1 Å². The number of rotatable bonds is 1. The Morgan fingerprint density at radius 3 is 2.33 bits per heavy atom. The van der Waals surface area contributed by atoms with Gasteiger partial charge in [-0.05, 0) is 25.0 Å². The maximum atomic E-state index is 12.2. The number of cyclic esters (lactones) is 2. The second-order valence-electron chi connectivity index (χ2n) is 5.13. The lowest BCUT2D eigenvalue weighted by Gasteiger charge is -2.39. The Bertz CT molecular complexity index is 593. The molecule has 1 spiro atoms. The molecule has 2 aliphatic heterocycles. The van der Waals surface area contributed by atoms with Crippen LogP contribution in [0.3, 0.4) is 0 Å². The van der Waals surface area contributed by atoms with Gasteiger partial charge in [0.05, 0.1) is 0 Å². The molecular formula is C14H14N2O5. The zero-order valence-electron chi connectivity index (χ0n) is 11.2. The maximum Gasteiger partial charge on any atom is 0.423 e. The molecule has 2 saturated heterocycles. The molecule has 2 amide bonds. The fourth-order valence-corrected chi connectivity index (χ4v) is 2.91. The average molecular weight is 290 g/mol. The zero-order chi connectivity index (χ0) is 15.0. The molecule has 0 atom stereocenters. The highest BCUT2D eigenvalue weighted by Crippen LogP contribution is 2.39. The largest absolute Gasteiger partial charge is 0.465 e. The molecule has 1 N–H and O–H groups in total. The summed E-state index contributed by atoms with van der Waals surface area (Å²) in [6, 6.07) is 8.81. The summed E-state index contributed by atoms with van der Waals surface area (Å²) in [6.07, 6.45) is -1.25. The van der Waals surface area contributed by atoms with E-state index in [0.717, 1.165) is 0 Å². The monoisotopic (exact) mass is 290 g/mol. The second kappa shape index (κ2) is 4.76. The third-order valence-corrected chi connectivity index (χ3v) is 4.05. The number of carbonyl (C=O) groups excluding carboxylic acids is 2. The average Bonchev–Trinajstić information content (AvgIpc) is 2.71. The Kier molecular flexibility index (Phi) is 3.04. The summed E-state index contributed by atoms with van der Waals surface area (Å²) < 4.78 is 4.80. The van der Waals surface area contributed by atoms with E-state index in [2.05, 4.69) is 0 Å². The van der Waals surface area contributed by atoms with Gasteiger partial charge in [0.2, 0.25) is 0 Å². The van der Waals surface area contributed by atoms with Gasteiger partial charge >= 0.3 is 18.2 Å². The van der Waals surface area contributed by atoms with Gasteiger partial charge in [-0.15, -0.1) is 0 Å². The summed E-state index contributed by atoms with van der Waals surface area (Å²) in [5, 5.41) is 9.00. The Hall–Kier alpha value is -2.57. The minimum Gasteiger partial charge on any atom is -0.465 e. The van der Waals surface area contributed by atoms with Crippen molar-refractivity contribution >= 4 is 23.8 Å². The van der Waals surface area contributed by atoms with E-state index in [9.17, 15) is 14.4 Å². The van der Waals surface area contributed by atoms with Crippen LogP contribution in [0.2, 0.25) is 0 Å². The fourth-order valence-electron chi connectivity index (χ4n) is 2.91. The van der Waals surface area contributed by atoms with Crippen LogP contribution in [0.25, 0.3) is 0 Å². The highest BCUT2D eigenvalue weighted by molar-refractivity contribution is 6.10. The van der Waals surface area contributed by atoms with Crippen LogP contribution < -0.4 is 4.90 Å². The van der Waals surface area contributed by atoms with Crippen LogP contribution in [-0.4, -0.2) is 46.8 Å². The number of amides is 2. The fraction of sp³-hybridized carbons (Fsp3) is 0.357. The molecule has 2 fully saturated rings. The molecule has 0 radical (unpaired) electrons. The van der Waals surface area contributed by atoms with E-state index < -0.39 is 23.7 Å². The van der Waals surface area contributed by atoms with E-state index in [0.29, 0.717) is 5.69 Å². The smallest absolute Gasteiger partial charge is 0.423 e. The molecule has 2 aliphatic rings. The van der Waals surface area contributed by atoms with Gasteiger partial charge < -0.3 is 14.7 Å². The van der Waals surface area contributed by atoms with E-state index in [4.69, 9.17) is 9.84 Å². The molecule has 0 saturated carbocycles. The number of carboxylic acid groups (broad SMARTS) is 1. The van der Waals surface area contributed by atoms with Crippen molar-refractivity contribution in [2.45, 2.75) is 18.4 Å². The van der Waals surface area contributed by atoms with Crippen molar-refractivity contribution in [3.63, 3.8) is 0 Å². The Morgan fingerprint density at radius 1 is 1.14 bits per heavy atom. The lowest BCUT2D eigenvalue weighted by Crippen LogP contribution is -2.57. The predicted molar refractivity (Wildman–Crippen MR) is 72.0 cm³/mol. The van der Waals surface area contributed by atoms with E-state index in [-0.39, 0.29) is 25.9 Å². The number of likely N-dealkylation sites (tertiary alicyclic amines) is 1. The lowest BCUT2D eigenvalue weighted by molar-refractivity contribution is -0.140. The molecular weight excluding hydrogens is 276 g/mol. The molecule has 0 aliphatic carbocycles. The first-order valence-corrected chi connectivity index (χ1v) is 6.64. The summed E-state index contributed by atoms with van der Waals surface area (Å²) in [7, 11) is 0. The first-order valence-electron chi connectivity index (χ1n) is 6.64. The Morgan fingerprint density at radius 2 is 1.76 bits per heavy atom. The van der Waals surface area contributed by atoms with Crippen molar-refractivity contribution in [2.75, 3.05) is 18.0 Å². The first kappa shape index (κ1) is 13.4. The van der Waals surface area contributed by atoms with Crippen LogP contribution in [0.4, 0.5) is 15.3 Å². The van der Waals surface area contributed by atoms with E-state index >= 15 is 0 Å². The maximum absolute atomic E-state index is 12.2. The number of anilines is 1. The summed E-state index contributed by atoms with van der Waals surface area (Å²) in [6.45, 7) is 0.391. The highest BCUT2D eigenvalue weighted by Gasteiger charge is 2.57. The number of hydrogen-bond acceptors (Lipinski definition) is 4. The van der Waals surface area contributed by atoms with Gasteiger partial charge in [-0.3, -0.25) is 4.90 Å². The van der Waals surface area contributed by atoms with Crippen LogP contribution >= 0.6 is 0 Å². The zero-order valence-corrected chi connectivity index (χ0v) is 11.2. The van der Waals surface area contributed by atoms with Crippen molar-refractivity contribution in [1.29, 1.82) is 0 Å². The van der Waals surface area contributed by atoms with Gasteiger partial charge in [0, 0.05) is 18.8 Å². The normalized spacial score (nSPS) is 20.8. The van der Waals surface area contributed by atoms with Crippen LogP contribution in [0.5, 0.6) is 0 Å². The van der Waals surface area contributed by atoms with Crippen LogP contribution in [0, 0.1) is 0 Å². The predicted octanol–water partition coefficient (Wildman–Crippen LogP) is 1.68. The van der Waals surface area contributed by atoms with E-state index in [1.54, 1.807) is 24.3 Å². The van der Waals surface area contributed by atoms with Crippen molar-refractivity contribution in [3.8, 4) is 0 Å². The Balaban J connectivity index is 1.94. The standard InChI is InChI=1S/C14H14N2O5/c17-11-14(6-8-15(9-7-14)12(18)19)16(13(20)21-11)10-4-2-1-3-5-10/h1-5H,6-9H2,(H,18,19). The molecule has 21 heavy (non-hydrogen) atoms. The van der Waals surface area contributed by atoms with Crippen LogP contribution in [-0.2, 0) is 9.53 Å². The number of hydrogen-bond donors (Lipinski definition) is 1. The van der Waals surface area contributed by atoms with Gasteiger partial charge in [0.15, 0.2) is 5.54 Å². The van der Waals surface area contributed by atoms with Crippen molar-refractivity contribution < 1.29 is 24.2 Å². The summed E-state index contributed by atoms with van der Waals surface area (Å²) in [4.78, 5) is 37.8. The highest BCUT2D eigenvalue weighted by atomic mass is 16.6. The quantitative estimate of drug-likeness (QED) is 0.628. The van der Waals surface area contributed by atoms with Crippen molar-refractivity contribution in [3.05, 3.63) is 30.3 Å². The molecule has 0 aromatic heterocycles. The van der Waals surface area contributed by atoms with Crippen LogP contribution in [0.1, 0.15) is 12.8 Å². The second-order valence-corrected chi connectivity index (χ2v) is 5.13. The van der Waals surface area contributed by atoms with E-state index in [1.165, 1.54) is 9.80 Å². The molecule has 110 valence electrons. The Labute approximate surface area is 120 Å². The SMILES string of the molecule is O=C(O)N1CCC2(CC1)C(=O)OC(=O)N2c1ccccc1. The van der Waals surface area contributed by atoms with Gasteiger partial charge in [-0.25, -0.2) is 14.4 Å².